The number of hydrogen-bond donors (Lipinski definition) is 0. The van der Waals surface area contributed by atoms with Crippen LogP contribution < -0.4 is 0 Å². The molecule has 120 valence electrons. The fraction of sp³-hybridized carbons (Fsp3) is 0. The minimum absolute atomic E-state index is 0.919. The van der Waals surface area contributed by atoms with Gasteiger partial charge in [-0.15, -0.1) is 11.3 Å². The summed E-state index contributed by atoms with van der Waals surface area (Å²) in [5.74, 6) is 0. The van der Waals surface area contributed by atoms with Crippen molar-refractivity contribution in [1.29, 1.82) is 0 Å². The van der Waals surface area contributed by atoms with Crippen molar-refractivity contribution in [2.24, 2.45) is 0 Å². The summed E-state index contributed by atoms with van der Waals surface area (Å²) in [6, 6.07) is 21.4. The molecular weight excluding hydrogens is 441 g/mol. The standard InChI is InChI=1S/C21H12INOS/c22-17-3-1-2-16(13-4-6-18-20(11-13)25-12-23-18)21(17)15-5-7-19-14(10-15)8-9-24-19/h1-12H. The van der Waals surface area contributed by atoms with E-state index in [4.69, 9.17) is 4.42 Å². The SMILES string of the molecule is Ic1cccc(-c2ccc3ncsc3c2)c1-c1ccc2occc2c1. The summed E-state index contributed by atoms with van der Waals surface area (Å²) >= 11 is 4.10. The average molecular weight is 453 g/mol. The zero-order chi connectivity index (χ0) is 16.8. The maximum atomic E-state index is 5.49. The molecule has 4 heteroatoms. The van der Waals surface area contributed by atoms with Gasteiger partial charge in [0, 0.05) is 14.5 Å². The largest absolute Gasteiger partial charge is 0.464 e. The van der Waals surface area contributed by atoms with Crippen LogP contribution in [0.5, 0.6) is 0 Å². The van der Waals surface area contributed by atoms with E-state index in [1.54, 1.807) is 17.6 Å². The average Bonchev–Trinajstić information content (AvgIpc) is 3.29. The molecule has 2 aromatic heterocycles. The summed E-state index contributed by atoms with van der Waals surface area (Å²) in [5, 5.41) is 1.13. The molecule has 5 rings (SSSR count). The van der Waals surface area contributed by atoms with Gasteiger partial charge in [0.05, 0.1) is 22.0 Å². The monoisotopic (exact) mass is 453 g/mol. The molecule has 0 radical (unpaired) electrons. The van der Waals surface area contributed by atoms with Crippen LogP contribution >= 0.6 is 33.9 Å². The Morgan fingerprint density at radius 1 is 0.920 bits per heavy atom. The van der Waals surface area contributed by atoms with Gasteiger partial charge in [-0.05, 0) is 75.7 Å². The second-order valence-electron chi connectivity index (χ2n) is 5.87. The van der Waals surface area contributed by atoms with Gasteiger partial charge in [-0.3, -0.25) is 0 Å². The Balaban J connectivity index is 1.76. The van der Waals surface area contributed by atoms with E-state index in [-0.39, 0.29) is 0 Å². The highest BCUT2D eigenvalue weighted by atomic mass is 127. The summed E-state index contributed by atoms with van der Waals surface area (Å²) in [6.45, 7) is 0. The Morgan fingerprint density at radius 2 is 1.84 bits per heavy atom. The van der Waals surface area contributed by atoms with E-state index in [9.17, 15) is 0 Å². The first-order valence-corrected chi connectivity index (χ1v) is 9.85. The van der Waals surface area contributed by atoms with Crippen LogP contribution in [-0.4, -0.2) is 4.98 Å². The lowest BCUT2D eigenvalue weighted by molar-refractivity contribution is 0.616. The van der Waals surface area contributed by atoms with Crippen molar-refractivity contribution in [2.45, 2.75) is 0 Å². The van der Waals surface area contributed by atoms with Gasteiger partial charge in [0.2, 0.25) is 0 Å². The molecule has 2 heterocycles. The fourth-order valence-corrected chi connectivity index (χ4v) is 4.73. The highest BCUT2D eigenvalue weighted by Crippen LogP contribution is 2.38. The number of aromatic nitrogens is 1. The predicted octanol–water partition coefficient (Wildman–Crippen LogP) is 6.98. The maximum Gasteiger partial charge on any atom is 0.133 e. The molecule has 0 aliphatic heterocycles. The first-order valence-electron chi connectivity index (χ1n) is 7.89. The van der Waals surface area contributed by atoms with Gasteiger partial charge in [0.25, 0.3) is 0 Å². The van der Waals surface area contributed by atoms with Crippen LogP contribution in [0.2, 0.25) is 0 Å². The van der Waals surface area contributed by atoms with Crippen molar-refractivity contribution in [3.8, 4) is 22.3 Å². The molecule has 0 fully saturated rings. The number of nitrogens with zero attached hydrogens (tertiary/aromatic N) is 1. The molecule has 0 aliphatic rings. The normalized spacial score (nSPS) is 11.4. The van der Waals surface area contributed by atoms with Gasteiger partial charge in [0.15, 0.2) is 0 Å². The number of rotatable bonds is 2. The number of benzene rings is 3. The molecule has 5 aromatic rings. The highest BCUT2D eigenvalue weighted by molar-refractivity contribution is 14.1. The van der Waals surface area contributed by atoms with Crippen molar-refractivity contribution >= 4 is 55.1 Å². The minimum atomic E-state index is 0.919. The van der Waals surface area contributed by atoms with E-state index in [0.29, 0.717) is 0 Å². The number of fused-ring (bicyclic) bond motifs is 2. The van der Waals surface area contributed by atoms with Gasteiger partial charge >= 0.3 is 0 Å². The van der Waals surface area contributed by atoms with Gasteiger partial charge in [0.1, 0.15) is 5.58 Å². The van der Waals surface area contributed by atoms with E-state index in [0.717, 1.165) is 16.5 Å². The Morgan fingerprint density at radius 3 is 2.80 bits per heavy atom. The third-order valence-electron chi connectivity index (χ3n) is 4.40. The molecule has 0 N–H and O–H groups in total. The molecule has 2 nitrogen and oxygen atoms in total. The summed E-state index contributed by atoms with van der Waals surface area (Å²) in [5.41, 5.74) is 8.80. The highest BCUT2D eigenvalue weighted by Gasteiger charge is 2.13. The Hall–Kier alpha value is -2.18. The molecule has 0 amide bonds. The van der Waals surface area contributed by atoms with Crippen LogP contribution in [0.25, 0.3) is 43.4 Å². The number of hydrogen-bond acceptors (Lipinski definition) is 3. The van der Waals surface area contributed by atoms with Crippen LogP contribution in [0.3, 0.4) is 0 Å². The lowest BCUT2D eigenvalue weighted by atomic mass is 9.94. The van der Waals surface area contributed by atoms with Crippen LogP contribution in [0, 0.1) is 3.57 Å². The van der Waals surface area contributed by atoms with Gasteiger partial charge in [-0.1, -0.05) is 24.3 Å². The van der Waals surface area contributed by atoms with Crippen molar-refractivity contribution < 1.29 is 4.42 Å². The Labute approximate surface area is 162 Å². The third kappa shape index (κ3) is 2.56. The molecule has 0 bridgehead atoms. The summed E-state index contributed by atoms with van der Waals surface area (Å²) in [6.07, 6.45) is 1.74. The molecule has 3 aromatic carbocycles. The van der Waals surface area contributed by atoms with Crippen molar-refractivity contribution in [3.05, 3.63) is 76.0 Å². The van der Waals surface area contributed by atoms with Crippen molar-refractivity contribution in [3.63, 3.8) is 0 Å². The van der Waals surface area contributed by atoms with Crippen LogP contribution in [-0.2, 0) is 0 Å². The second-order valence-corrected chi connectivity index (χ2v) is 7.92. The zero-order valence-corrected chi connectivity index (χ0v) is 16.0. The summed E-state index contributed by atoms with van der Waals surface area (Å²) in [7, 11) is 0. The topological polar surface area (TPSA) is 26.0 Å². The first-order chi connectivity index (χ1) is 12.3. The van der Waals surface area contributed by atoms with Crippen molar-refractivity contribution in [1.82, 2.24) is 4.98 Å². The van der Waals surface area contributed by atoms with E-state index >= 15 is 0 Å². The summed E-state index contributed by atoms with van der Waals surface area (Å²) < 4.78 is 7.94. The van der Waals surface area contributed by atoms with Crippen molar-refractivity contribution in [2.75, 3.05) is 0 Å². The van der Waals surface area contributed by atoms with Gasteiger partial charge in [-0.2, -0.15) is 0 Å². The molecule has 0 atom stereocenters. The quantitative estimate of drug-likeness (QED) is 0.270. The maximum absolute atomic E-state index is 5.49. The van der Waals surface area contributed by atoms with Crippen LogP contribution in [0.1, 0.15) is 0 Å². The summed E-state index contributed by atoms with van der Waals surface area (Å²) in [4.78, 5) is 4.39. The molecule has 0 spiro atoms. The Kier molecular flexibility index (Phi) is 3.60. The Bertz CT molecular complexity index is 1220. The minimum Gasteiger partial charge on any atom is -0.464 e. The second kappa shape index (κ2) is 5.97. The molecule has 25 heavy (non-hydrogen) atoms. The molecule has 0 saturated carbocycles. The molecule has 0 saturated heterocycles. The smallest absolute Gasteiger partial charge is 0.133 e. The lowest BCUT2D eigenvalue weighted by Gasteiger charge is -2.13. The van der Waals surface area contributed by atoms with E-state index < -0.39 is 0 Å². The van der Waals surface area contributed by atoms with Crippen LogP contribution in [0.4, 0.5) is 0 Å². The van der Waals surface area contributed by atoms with E-state index in [1.165, 1.54) is 30.5 Å². The van der Waals surface area contributed by atoms with E-state index in [2.05, 4.69) is 76.1 Å². The molecule has 0 unspecified atom stereocenters. The van der Waals surface area contributed by atoms with Gasteiger partial charge in [-0.25, -0.2) is 4.98 Å². The van der Waals surface area contributed by atoms with E-state index in [1.807, 2.05) is 17.6 Å². The fourth-order valence-electron chi connectivity index (χ4n) is 3.20. The van der Waals surface area contributed by atoms with Crippen LogP contribution in [0.15, 0.2) is 76.9 Å². The first kappa shape index (κ1) is 15.1. The van der Waals surface area contributed by atoms with Gasteiger partial charge < -0.3 is 4.42 Å². The zero-order valence-electron chi connectivity index (χ0n) is 13.1. The number of halogens is 1. The lowest BCUT2D eigenvalue weighted by Crippen LogP contribution is -1.89. The number of thiazole rings is 1. The molecule has 0 aliphatic carbocycles. The predicted molar refractivity (Wildman–Crippen MR) is 113 cm³/mol. The third-order valence-corrected chi connectivity index (χ3v) is 6.09. The number of furan rings is 1. The molecular formula is C21H12INOS.